The van der Waals surface area contributed by atoms with Crippen molar-refractivity contribution >= 4 is 33.4 Å². The van der Waals surface area contributed by atoms with Crippen LogP contribution in [0, 0.1) is 6.92 Å². The molecular formula is C38H60N8O12P2. The Hall–Kier alpha value is -3.87. The molecule has 0 radical (unpaired) electrons. The van der Waals surface area contributed by atoms with Gasteiger partial charge in [-0.3, -0.25) is 41.1 Å². The van der Waals surface area contributed by atoms with Gasteiger partial charge in [-0.25, -0.2) is 33.7 Å². The molecule has 0 bridgehead atoms. The highest BCUT2D eigenvalue weighted by atomic mass is 31.2. The summed E-state index contributed by atoms with van der Waals surface area (Å²) >= 11 is 0. The molecule has 4 heterocycles. The molecule has 0 unspecified atom stereocenters. The van der Waals surface area contributed by atoms with Crippen LogP contribution in [0.1, 0.15) is 115 Å². The van der Waals surface area contributed by atoms with Crippen molar-refractivity contribution in [1.29, 1.82) is 0 Å². The van der Waals surface area contributed by atoms with E-state index in [-0.39, 0.29) is 58.2 Å². The third kappa shape index (κ3) is 15.9. The maximum Gasteiger partial charge on any atom is 0.475 e. The Labute approximate surface area is 351 Å². The summed E-state index contributed by atoms with van der Waals surface area (Å²) in [5.74, 6) is -0.0249. The Morgan fingerprint density at radius 3 is 1.70 bits per heavy atom. The van der Waals surface area contributed by atoms with Gasteiger partial charge in [-0.05, 0) is 109 Å². The van der Waals surface area contributed by atoms with Crippen molar-refractivity contribution < 1.29 is 55.3 Å². The number of phosphoric acid groups is 2. The van der Waals surface area contributed by atoms with Crippen LogP contribution in [0.15, 0.2) is 31.0 Å². The van der Waals surface area contributed by atoms with Gasteiger partial charge >= 0.3 is 27.6 Å². The Bertz CT molecular complexity index is 2130. The van der Waals surface area contributed by atoms with Gasteiger partial charge in [-0.2, -0.15) is 5.10 Å². The quantitative estimate of drug-likeness (QED) is 0.0463. The summed E-state index contributed by atoms with van der Waals surface area (Å²) in [6, 6.07) is 1.73. The second kappa shape index (κ2) is 19.5. The highest BCUT2D eigenvalue weighted by molar-refractivity contribution is 7.48. The smallest absolute Gasteiger partial charge is 0.444 e. The molecule has 0 fully saturated rings. The first-order valence-corrected chi connectivity index (χ1v) is 22.4. The molecule has 0 aliphatic heterocycles. The Balaban J connectivity index is 1.38. The molecule has 4 aromatic heterocycles. The minimum absolute atomic E-state index is 0.01000. The molecule has 0 amide bonds. The summed E-state index contributed by atoms with van der Waals surface area (Å²) < 4.78 is 75.8. The van der Waals surface area contributed by atoms with E-state index in [1.54, 1.807) is 124 Å². The molecule has 20 nitrogen and oxygen atoms in total. The molecule has 0 saturated heterocycles. The Morgan fingerprint density at radius 1 is 0.700 bits per heavy atom. The van der Waals surface area contributed by atoms with Crippen molar-refractivity contribution in [3.05, 3.63) is 36.8 Å². The fraction of sp³-hybridized carbons (Fsp3) is 0.658. The van der Waals surface area contributed by atoms with Gasteiger partial charge in [0.1, 0.15) is 22.9 Å². The zero-order chi connectivity index (χ0) is 44.7. The molecule has 22 heteroatoms. The number of imidazole rings is 2. The zero-order valence-corrected chi connectivity index (χ0v) is 38.7. The summed E-state index contributed by atoms with van der Waals surface area (Å²) in [7, 11) is -7.84. The van der Waals surface area contributed by atoms with E-state index >= 15 is 0 Å². The van der Waals surface area contributed by atoms with E-state index < -0.39 is 50.0 Å². The number of nitrogens with zero attached hydrogens (tertiary/aromatic N) is 8. The van der Waals surface area contributed by atoms with Crippen molar-refractivity contribution in [2.45, 2.75) is 152 Å². The first-order valence-electron chi connectivity index (χ1n) is 19.5. The average Bonchev–Trinajstić information content (AvgIpc) is 3.79. The Morgan fingerprint density at radius 2 is 1.20 bits per heavy atom. The normalized spacial score (nSPS) is 13.3. The lowest BCUT2D eigenvalue weighted by Crippen LogP contribution is -2.25. The third-order valence-electron chi connectivity index (χ3n) is 7.08. The summed E-state index contributed by atoms with van der Waals surface area (Å²) in [5.41, 5.74) is -1.83. The lowest BCUT2D eigenvalue weighted by molar-refractivity contribution is -0.148. The van der Waals surface area contributed by atoms with Crippen molar-refractivity contribution in [2.75, 3.05) is 13.2 Å². The van der Waals surface area contributed by atoms with Crippen molar-refractivity contribution in [1.82, 2.24) is 38.7 Å². The topological polar surface area (TPSA) is 221 Å². The molecule has 0 aliphatic rings. The molecule has 0 aliphatic carbocycles. The van der Waals surface area contributed by atoms with E-state index in [1.165, 1.54) is 11.0 Å². The van der Waals surface area contributed by atoms with E-state index in [2.05, 4.69) is 20.1 Å². The van der Waals surface area contributed by atoms with Gasteiger partial charge in [0, 0.05) is 31.4 Å². The van der Waals surface area contributed by atoms with E-state index in [0.717, 1.165) is 0 Å². The van der Waals surface area contributed by atoms with E-state index in [4.69, 9.17) is 41.6 Å². The van der Waals surface area contributed by atoms with E-state index in [0.29, 0.717) is 28.7 Å². The first kappa shape index (κ1) is 48.8. The van der Waals surface area contributed by atoms with Gasteiger partial charge < -0.3 is 14.0 Å². The first-order chi connectivity index (χ1) is 27.6. The molecule has 0 atom stereocenters. The molecule has 0 saturated carbocycles. The van der Waals surface area contributed by atoms with Gasteiger partial charge in [0.15, 0.2) is 19.3 Å². The van der Waals surface area contributed by atoms with Crippen LogP contribution in [0.25, 0.3) is 28.7 Å². The summed E-state index contributed by atoms with van der Waals surface area (Å²) in [4.78, 5) is 43.7. The number of hydrogen-bond acceptors (Lipinski definition) is 17. The number of aromatic nitrogens is 8. The van der Waals surface area contributed by atoms with Crippen molar-refractivity contribution in [3.8, 4) is 22.9 Å². The average molecular weight is 883 g/mol. The lowest BCUT2D eigenvalue weighted by atomic mass is 10.2. The highest BCUT2D eigenvalue weighted by Crippen LogP contribution is 2.56. The van der Waals surface area contributed by atoms with Crippen LogP contribution in [0.3, 0.4) is 0 Å². The number of carbonyl (C=O) groups is 2. The molecular weight excluding hydrogens is 822 g/mol. The number of phosphoric ester groups is 2. The molecule has 4 rings (SSSR count). The van der Waals surface area contributed by atoms with Crippen LogP contribution in [-0.4, -0.2) is 86.2 Å². The van der Waals surface area contributed by atoms with Gasteiger partial charge in [-0.15, -0.1) is 0 Å². The van der Waals surface area contributed by atoms with Gasteiger partial charge in [0.25, 0.3) is 0 Å². The van der Waals surface area contributed by atoms with Gasteiger partial charge in [0.05, 0.1) is 41.9 Å². The van der Waals surface area contributed by atoms with Crippen LogP contribution < -0.4 is 0 Å². The minimum Gasteiger partial charge on any atom is -0.444 e. The number of fused-ring (bicyclic) bond motifs is 1. The molecule has 0 aromatic carbocycles. The minimum atomic E-state index is -3.93. The van der Waals surface area contributed by atoms with Crippen LogP contribution in [0.5, 0.6) is 0 Å². The maximum atomic E-state index is 13.3. The van der Waals surface area contributed by atoms with Crippen molar-refractivity contribution in [2.24, 2.45) is 0 Å². The Kier molecular flexibility index (Phi) is 15.8. The highest BCUT2D eigenvalue weighted by Gasteiger charge is 2.38. The number of rotatable bonds is 20. The van der Waals surface area contributed by atoms with Crippen molar-refractivity contribution in [3.63, 3.8) is 0 Å². The number of ether oxygens (including phenoxy) is 2. The fourth-order valence-electron chi connectivity index (χ4n) is 5.26. The van der Waals surface area contributed by atoms with Gasteiger partial charge in [0.2, 0.25) is 5.78 Å². The van der Waals surface area contributed by atoms with Crippen LogP contribution >= 0.6 is 15.6 Å². The predicted molar refractivity (Wildman–Crippen MR) is 219 cm³/mol. The number of esters is 2. The largest absolute Gasteiger partial charge is 0.475 e. The second-order valence-electron chi connectivity index (χ2n) is 17.7. The molecule has 334 valence electrons. The number of carbonyl (C=O) groups excluding carboxylic acids is 2. The van der Waals surface area contributed by atoms with Crippen LogP contribution in [0.2, 0.25) is 0 Å². The monoisotopic (exact) mass is 882 g/mol. The summed E-state index contributed by atoms with van der Waals surface area (Å²) in [5, 5.41) is 4.43. The standard InChI is InChI=1S/C38H60N8O12P2/c1-27-41-33(46(43-27)26-52-30(48)18-15-22-54-60(50,57-37(8,9)10)58-38(11,12)13)31-32(45-20-16-19-39-34(45)42-31)28-23-44(24-40-28)25-51-29(47)17-14-21-53-59(49,55-35(2,3)4)56-36(5,6)7/h16,19-20,23-24H,14-15,17-18,21-22,25-26H2,1-13H3. The zero-order valence-electron chi connectivity index (χ0n) is 36.9. The lowest BCUT2D eigenvalue weighted by Gasteiger charge is -2.30. The molecule has 60 heavy (non-hydrogen) atoms. The van der Waals surface area contributed by atoms with Crippen LogP contribution in [0.4, 0.5) is 0 Å². The fourth-order valence-corrected chi connectivity index (χ4v) is 8.93. The second-order valence-corrected chi connectivity index (χ2v) is 20.8. The summed E-state index contributed by atoms with van der Waals surface area (Å²) in [6.45, 7) is 22.0. The maximum absolute atomic E-state index is 13.3. The molecule has 0 N–H and O–H groups in total. The summed E-state index contributed by atoms with van der Waals surface area (Å²) in [6.07, 6.45) is 6.88. The SMILES string of the molecule is Cc1nc(-c2nc3ncccn3c2-c2cn(COC(=O)CCCOP(=O)(OC(C)(C)C)OC(C)(C)C)cn2)n(COC(=O)CCCOP(=O)(OC(C)(C)C)OC(C)(C)C)n1. The number of hydrogen-bond donors (Lipinski definition) is 0. The van der Waals surface area contributed by atoms with Crippen LogP contribution in [-0.2, 0) is 68.8 Å². The molecule has 4 aromatic rings. The van der Waals surface area contributed by atoms with E-state index in [9.17, 15) is 18.7 Å². The predicted octanol–water partition coefficient (Wildman–Crippen LogP) is 8.23. The van der Waals surface area contributed by atoms with E-state index in [1.807, 2.05) is 0 Å². The van der Waals surface area contributed by atoms with Gasteiger partial charge in [-0.1, -0.05) is 0 Å². The third-order valence-corrected chi connectivity index (χ3v) is 11.2. The molecule has 0 spiro atoms. The number of aryl methyl sites for hydroxylation is 1.